The van der Waals surface area contributed by atoms with Crippen molar-refractivity contribution in [3.8, 4) is 5.75 Å². The first-order chi connectivity index (χ1) is 12.8. The minimum atomic E-state index is -0.430. The van der Waals surface area contributed by atoms with Crippen molar-refractivity contribution in [1.29, 1.82) is 0 Å². The molecule has 0 saturated carbocycles. The number of nitrogens with zero attached hydrogens (tertiary/aromatic N) is 1. The number of hydrogen-bond donors (Lipinski definition) is 1. The molecule has 6 nitrogen and oxygen atoms in total. The smallest absolute Gasteiger partial charge is 0.261 e. The molecule has 0 aromatic heterocycles. The Balaban J connectivity index is 1.88. The molecule has 2 aromatic rings. The highest BCUT2D eigenvalue weighted by Crippen LogP contribution is 2.29. The summed E-state index contributed by atoms with van der Waals surface area (Å²) in [6.07, 6.45) is 0. The molecular weight excluding hydrogens is 368 g/mol. The molecule has 27 heavy (non-hydrogen) atoms. The molecule has 0 saturated heterocycles. The predicted molar refractivity (Wildman–Crippen MR) is 103 cm³/mol. The van der Waals surface area contributed by atoms with E-state index in [2.05, 4.69) is 5.32 Å². The Kier molecular flexibility index (Phi) is 5.19. The highest BCUT2D eigenvalue weighted by Gasteiger charge is 2.36. The number of nitrogens with one attached hydrogen (secondary N) is 1. The normalized spacial score (nSPS) is 13.1. The molecule has 1 aliphatic heterocycles. The van der Waals surface area contributed by atoms with Crippen LogP contribution < -0.4 is 10.1 Å². The van der Waals surface area contributed by atoms with Crippen LogP contribution in [0.25, 0.3) is 0 Å². The largest absolute Gasteiger partial charge is 0.495 e. The lowest BCUT2D eigenvalue weighted by Gasteiger charge is -2.15. The molecule has 3 amide bonds. The van der Waals surface area contributed by atoms with Gasteiger partial charge in [0.05, 0.1) is 23.9 Å². The average molecular weight is 387 g/mol. The molecular formula is C20H19ClN2O4. The fourth-order valence-electron chi connectivity index (χ4n) is 2.94. The number of carbonyl (C=O) groups excluding carboxylic acids is 3. The highest BCUT2D eigenvalue weighted by atomic mass is 35.5. The van der Waals surface area contributed by atoms with Gasteiger partial charge >= 0.3 is 0 Å². The summed E-state index contributed by atoms with van der Waals surface area (Å²) in [5.41, 5.74) is 1.24. The molecule has 7 heteroatoms. The quantitative estimate of drug-likeness (QED) is 0.792. The molecule has 0 fully saturated rings. The molecule has 1 heterocycles. The van der Waals surface area contributed by atoms with Crippen LogP contribution in [0, 0.1) is 5.92 Å². The third-order valence-electron chi connectivity index (χ3n) is 4.19. The lowest BCUT2D eigenvalue weighted by Crippen LogP contribution is -2.33. The summed E-state index contributed by atoms with van der Waals surface area (Å²) >= 11 is 5.98. The molecule has 1 aliphatic rings. The second kappa shape index (κ2) is 7.40. The summed E-state index contributed by atoms with van der Waals surface area (Å²) < 4.78 is 5.21. The summed E-state index contributed by atoms with van der Waals surface area (Å²) in [5.74, 6) is -0.514. The van der Waals surface area contributed by atoms with Gasteiger partial charge in [0, 0.05) is 17.1 Å². The van der Waals surface area contributed by atoms with Crippen LogP contribution in [-0.2, 0) is 0 Å². The lowest BCUT2D eigenvalue weighted by atomic mass is 10.1. The van der Waals surface area contributed by atoms with Crippen LogP contribution in [0.3, 0.4) is 0 Å². The van der Waals surface area contributed by atoms with Gasteiger partial charge in [-0.25, -0.2) is 0 Å². The van der Waals surface area contributed by atoms with E-state index in [4.69, 9.17) is 16.3 Å². The molecule has 0 radical (unpaired) electrons. The van der Waals surface area contributed by atoms with E-state index in [0.717, 1.165) is 0 Å². The van der Waals surface area contributed by atoms with Crippen LogP contribution in [0.5, 0.6) is 5.75 Å². The van der Waals surface area contributed by atoms with Crippen molar-refractivity contribution in [2.75, 3.05) is 19.0 Å². The topological polar surface area (TPSA) is 75.7 Å². The molecule has 2 aromatic carbocycles. The molecule has 0 unspecified atom stereocenters. The summed E-state index contributed by atoms with van der Waals surface area (Å²) in [6, 6.07) is 9.36. The van der Waals surface area contributed by atoms with Gasteiger partial charge in [0.1, 0.15) is 5.75 Å². The first kappa shape index (κ1) is 18.9. The van der Waals surface area contributed by atoms with Gasteiger partial charge in [-0.1, -0.05) is 25.4 Å². The van der Waals surface area contributed by atoms with E-state index in [1.165, 1.54) is 30.2 Å². The van der Waals surface area contributed by atoms with Crippen LogP contribution in [0.15, 0.2) is 36.4 Å². The van der Waals surface area contributed by atoms with Crippen molar-refractivity contribution < 1.29 is 19.1 Å². The van der Waals surface area contributed by atoms with Gasteiger partial charge in [-0.15, -0.1) is 0 Å². The van der Waals surface area contributed by atoms with E-state index >= 15 is 0 Å². The van der Waals surface area contributed by atoms with Crippen LogP contribution in [0.1, 0.15) is 44.9 Å². The molecule has 0 atom stereocenters. The number of ether oxygens (including phenoxy) is 1. The van der Waals surface area contributed by atoms with Gasteiger partial charge in [0.2, 0.25) is 0 Å². The Labute approximate surface area is 162 Å². The van der Waals surface area contributed by atoms with E-state index in [-0.39, 0.29) is 28.9 Å². The number of rotatable bonds is 5. The van der Waals surface area contributed by atoms with E-state index in [1.807, 2.05) is 13.8 Å². The van der Waals surface area contributed by atoms with Crippen molar-refractivity contribution in [2.45, 2.75) is 13.8 Å². The summed E-state index contributed by atoms with van der Waals surface area (Å²) in [6.45, 7) is 4.20. The van der Waals surface area contributed by atoms with Gasteiger partial charge in [-0.3, -0.25) is 19.3 Å². The number of halogens is 1. The number of anilines is 1. The molecule has 1 N–H and O–H groups in total. The van der Waals surface area contributed by atoms with E-state index in [1.54, 1.807) is 18.2 Å². The van der Waals surface area contributed by atoms with E-state index in [0.29, 0.717) is 28.6 Å². The standard InChI is InChI=1S/C20H19ClN2O4/c1-11(2)10-23-19(25)14-6-4-12(8-15(14)20(23)26)18(24)22-16-9-13(21)5-7-17(16)27-3/h4-9,11H,10H2,1-3H3,(H,22,24). The minimum absolute atomic E-state index is 0.158. The summed E-state index contributed by atoms with van der Waals surface area (Å²) in [5, 5.41) is 3.17. The molecule has 140 valence electrons. The van der Waals surface area contributed by atoms with Crippen LogP contribution in [-0.4, -0.2) is 36.3 Å². The third kappa shape index (κ3) is 3.66. The third-order valence-corrected chi connectivity index (χ3v) is 4.43. The SMILES string of the molecule is COc1ccc(Cl)cc1NC(=O)c1ccc2c(c1)C(=O)N(CC(C)C)C2=O. The first-order valence-corrected chi connectivity index (χ1v) is 8.84. The summed E-state index contributed by atoms with van der Waals surface area (Å²) in [7, 11) is 1.49. The zero-order chi connectivity index (χ0) is 19.7. The summed E-state index contributed by atoms with van der Waals surface area (Å²) in [4.78, 5) is 38.8. The highest BCUT2D eigenvalue weighted by molar-refractivity contribution is 6.31. The van der Waals surface area contributed by atoms with E-state index in [9.17, 15) is 14.4 Å². The van der Waals surface area contributed by atoms with Gasteiger partial charge in [0.25, 0.3) is 17.7 Å². The van der Waals surface area contributed by atoms with Crippen molar-refractivity contribution in [3.63, 3.8) is 0 Å². The van der Waals surface area contributed by atoms with Gasteiger partial charge in [-0.2, -0.15) is 0 Å². The van der Waals surface area contributed by atoms with Crippen molar-refractivity contribution in [3.05, 3.63) is 58.1 Å². The van der Waals surface area contributed by atoms with Crippen molar-refractivity contribution in [1.82, 2.24) is 4.90 Å². The fraction of sp³-hybridized carbons (Fsp3) is 0.250. The maximum Gasteiger partial charge on any atom is 0.261 e. The molecule has 0 aliphatic carbocycles. The Morgan fingerprint density at radius 2 is 1.81 bits per heavy atom. The van der Waals surface area contributed by atoms with Gasteiger partial charge in [0.15, 0.2) is 0 Å². The van der Waals surface area contributed by atoms with Gasteiger partial charge in [-0.05, 0) is 42.3 Å². The zero-order valence-corrected chi connectivity index (χ0v) is 16.0. The average Bonchev–Trinajstić information content (AvgIpc) is 2.86. The maximum absolute atomic E-state index is 12.6. The number of fused-ring (bicyclic) bond motifs is 1. The minimum Gasteiger partial charge on any atom is -0.495 e. The molecule has 0 bridgehead atoms. The Hall–Kier alpha value is -2.86. The Morgan fingerprint density at radius 3 is 2.48 bits per heavy atom. The van der Waals surface area contributed by atoms with Crippen molar-refractivity contribution >= 4 is 35.0 Å². The number of amides is 3. The Morgan fingerprint density at radius 1 is 1.11 bits per heavy atom. The van der Waals surface area contributed by atoms with Gasteiger partial charge < -0.3 is 10.1 Å². The number of hydrogen-bond acceptors (Lipinski definition) is 4. The Bertz CT molecular complexity index is 940. The molecule has 0 spiro atoms. The molecule has 3 rings (SSSR count). The predicted octanol–water partition coefficient (Wildman–Crippen LogP) is 3.85. The maximum atomic E-state index is 12.6. The second-order valence-electron chi connectivity index (χ2n) is 6.67. The first-order valence-electron chi connectivity index (χ1n) is 8.47. The van der Waals surface area contributed by atoms with E-state index < -0.39 is 5.91 Å². The number of benzene rings is 2. The number of methoxy groups -OCH3 is 1. The van der Waals surface area contributed by atoms with Crippen LogP contribution >= 0.6 is 11.6 Å². The lowest BCUT2D eigenvalue weighted by molar-refractivity contribution is 0.0636. The van der Waals surface area contributed by atoms with Crippen LogP contribution in [0.2, 0.25) is 5.02 Å². The van der Waals surface area contributed by atoms with Crippen LogP contribution in [0.4, 0.5) is 5.69 Å². The van der Waals surface area contributed by atoms with Crippen molar-refractivity contribution in [2.24, 2.45) is 5.92 Å². The number of carbonyl (C=O) groups is 3. The number of imide groups is 1. The monoisotopic (exact) mass is 386 g/mol. The fourth-order valence-corrected chi connectivity index (χ4v) is 3.11. The zero-order valence-electron chi connectivity index (χ0n) is 15.2. The second-order valence-corrected chi connectivity index (χ2v) is 7.11.